The van der Waals surface area contributed by atoms with E-state index < -0.39 is 0 Å². The Bertz CT molecular complexity index is 401. The van der Waals surface area contributed by atoms with E-state index in [-0.39, 0.29) is 5.78 Å². The highest BCUT2D eigenvalue weighted by atomic mass is 35.5. The van der Waals surface area contributed by atoms with Gasteiger partial charge in [-0.05, 0) is 12.8 Å². The minimum atomic E-state index is -0.172. The van der Waals surface area contributed by atoms with Gasteiger partial charge in [0.2, 0.25) is 5.78 Å². The summed E-state index contributed by atoms with van der Waals surface area (Å²) in [5.41, 5.74) is 0. The first-order chi connectivity index (χ1) is 6.61. The van der Waals surface area contributed by atoms with Crippen LogP contribution in [0.15, 0.2) is 4.52 Å². The molecule has 0 spiro atoms. The average Bonchev–Trinajstić information content (AvgIpc) is 2.43. The van der Waals surface area contributed by atoms with Crippen LogP contribution >= 0.6 is 11.6 Å². The van der Waals surface area contributed by atoms with Gasteiger partial charge in [0.1, 0.15) is 5.02 Å². The zero-order chi connectivity index (χ0) is 10.6. The summed E-state index contributed by atoms with van der Waals surface area (Å²) in [6.45, 7) is 3.42. The molecular formula is C9H9ClN2O2. The summed E-state index contributed by atoms with van der Waals surface area (Å²) in [5.74, 6) is 5.83. The Kier molecular flexibility index (Phi) is 3.55. The molecule has 0 saturated carbocycles. The quantitative estimate of drug-likeness (QED) is 0.598. The second-order valence-corrected chi connectivity index (χ2v) is 2.99. The first-order valence-corrected chi connectivity index (χ1v) is 4.34. The molecule has 0 radical (unpaired) electrons. The number of carbonyl (C=O) groups excluding carboxylic acids is 1. The number of nitrogens with one attached hydrogen (secondary N) is 1. The maximum atomic E-state index is 10.5. The SMILES string of the molecule is CC(=O)C#CCNc1noc(C)c1Cl. The summed E-state index contributed by atoms with van der Waals surface area (Å²) >= 11 is 5.82. The second-order valence-electron chi connectivity index (χ2n) is 2.61. The van der Waals surface area contributed by atoms with Crippen molar-refractivity contribution in [1.29, 1.82) is 0 Å². The lowest BCUT2D eigenvalue weighted by atomic mass is 10.4. The Balaban J connectivity index is 2.52. The van der Waals surface area contributed by atoms with Gasteiger partial charge in [-0.25, -0.2) is 0 Å². The molecule has 0 bridgehead atoms. The monoisotopic (exact) mass is 212 g/mol. The highest BCUT2D eigenvalue weighted by Crippen LogP contribution is 2.23. The molecule has 0 aliphatic carbocycles. The number of ketones is 1. The number of aryl methyl sites for hydroxylation is 1. The number of hydrogen-bond donors (Lipinski definition) is 1. The number of nitrogens with zero attached hydrogens (tertiary/aromatic N) is 1. The zero-order valence-electron chi connectivity index (χ0n) is 7.85. The highest BCUT2D eigenvalue weighted by molar-refractivity contribution is 6.33. The van der Waals surface area contributed by atoms with Crippen LogP contribution in [0.3, 0.4) is 0 Å². The zero-order valence-corrected chi connectivity index (χ0v) is 8.60. The van der Waals surface area contributed by atoms with E-state index in [9.17, 15) is 4.79 Å². The molecular weight excluding hydrogens is 204 g/mol. The summed E-state index contributed by atoms with van der Waals surface area (Å²) in [7, 11) is 0. The Labute approximate surface area is 86.6 Å². The summed E-state index contributed by atoms with van der Waals surface area (Å²) in [6.07, 6.45) is 0. The fraction of sp³-hybridized carbons (Fsp3) is 0.333. The van der Waals surface area contributed by atoms with Gasteiger partial charge >= 0.3 is 0 Å². The van der Waals surface area contributed by atoms with Crippen molar-refractivity contribution in [2.75, 3.05) is 11.9 Å². The van der Waals surface area contributed by atoms with Crippen LogP contribution in [-0.2, 0) is 4.79 Å². The van der Waals surface area contributed by atoms with Crippen molar-refractivity contribution >= 4 is 23.2 Å². The minimum Gasteiger partial charge on any atom is -0.358 e. The molecule has 0 fully saturated rings. The normalized spacial score (nSPS) is 9.07. The number of halogens is 1. The van der Waals surface area contributed by atoms with E-state index in [1.54, 1.807) is 6.92 Å². The van der Waals surface area contributed by atoms with Gasteiger partial charge in [-0.3, -0.25) is 4.79 Å². The van der Waals surface area contributed by atoms with Crippen molar-refractivity contribution in [2.24, 2.45) is 0 Å². The van der Waals surface area contributed by atoms with E-state index in [1.807, 2.05) is 0 Å². The fourth-order valence-corrected chi connectivity index (χ4v) is 0.903. The Morgan fingerprint density at radius 1 is 1.71 bits per heavy atom. The van der Waals surface area contributed by atoms with Crippen molar-refractivity contribution in [3.05, 3.63) is 10.8 Å². The predicted octanol–water partition coefficient (Wildman–Crippen LogP) is 1.64. The van der Waals surface area contributed by atoms with Gasteiger partial charge in [-0.15, -0.1) is 0 Å². The molecule has 0 unspecified atom stereocenters. The van der Waals surface area contributed by atoms with E-state index in [4.69, 9.17) is 16.1 Å². The highest BCUT2D eigenvalue weighted by Gasteiger charge is 2.07. The maximum absolute atomic E-state index is 10.5. The average molecular weight is 213 g/mol. The van der Waals surface area contributed by atoms with Gasteiger partial charge in [-0.1, -0.05) is 22.7 Å². The van der Waals surface area contributed by atoms with Crippen LogP contribution in [0, 0.1) is 18.8 Å². The van der Waals surface area contributed by atoms with Crippen molar-refractivity contribution in [3.63, 3.8) is 0 Å². The van der Waals surface area contributed by atoms with E-state index in [0.717, 1.165) is 0 Å². The molecule has 1 aromatic rings. The van der Waals surface area contributed by atoms with Gasteiger partial charge in [0.15, 0.2) is 11.6 Å². The van der Waals surface area contributed by atoms with Gasteiger partial charge < -0.3 is 9.84 Å². The van der Waals surface area contributed by atoms with E-state index in [0.29, 0.717) is 23.1 Å². The van der Waals surface area contributed by atoms with Crippen LogP contribution in [0.2, 0.25) is 5.02 Å². The van der Waals surface area contributed by atoms with Gasteiger partial charge in [0.05, 0.1) is 6.54 Å². The van der Waals surface area contributed by atoms with Crippen molar-refractivity contribution in [3.8, 4) is 11.8 Å². The van der Waals surface area contributed by atoms with Crippen molar-refractivity contribution < 1.29 is 9.32 Å². The molecule has 0 aliphatic heterocycles. The summed E-state index contributed by atoms with van der Waals surface area (Å²) < 4.78 is 4.81. The fourth-order valence-electron chi connectivity index (χ4n) is 0.767. The first kappa shape index (κ1) is 10.6. The van der Waals surface area contributed by atoms with Crippen molar-refractivity contribution in [2.45, 2.75) is 13.8 Å². The standard InChI is InChI=1S/C9H9ClN2O2/c1-6(13)4-3-5-11-9-8(10)7(2)14-12-9/h5H2,1-2H3,(H,11,12). The second kappa shape index (κ2) is 4.68. The van der Waals surface area contributed by atoms with Crippen molar-refractivity contribution in [1.82, 2.24) is 5.16 Å². The number of Topliss-reactive ketones (excluding diaryl/α,β-unsaturated/α-hetero) is 1. The summed E-state index contributed by atoms with van der Waals surface area (Å²) in [4.78, 5) is 10.5. The molecule has 0 amide bonds. The number of carbonyl (C=O) groups is 1. The smallest absolute Gasteiger partial charge is 0.202 e. The van der Waals surface area contributed by atoms with Gasteiger partial charge in [0, 0.05) is 6.92 Å². The van der Waals surface area contributed by atoms with E-state index in [2.05, 4.69) is 22.3 Å². The van der Waals surface area contributed by atoms with Gasteiger partial charge in [-0.2, -0.15) is 0 Å². The number of aromatic nitrogens is 1. The van der Waals surface area contributed by atoms with Crippen LogP contribution in [0.1, 0.15) is 12.7 Å². The molecule has 0 saturated heterocycles. The third-order valence-corrected chi connectivity index (χ3v) is 1.84. The third kappa shape index (κ3) is 2.79. The molecule has 0 aliphatic rings. The first-order valence-electron chi connectivity index (χ1n) is 3.96. The Hall–Kier alpha value is -1.47. The molecule has 1 N–H and O–H groups in total. The molecule has 0 atom stereocenters. The van der Waals surface area contributed by atoms with E-state index in [1.165, 1.54) is 6.92 Å². The lowest BCUT2D eigenvalue weighted by Gasteiger charge is -1.94. The van der Waals surface area contributed by atoms with Gasteiger partial charge in [0.25, 0.3) is 0 Å². The topological polar surface area (TPSA) is 55.1 Å². The van der Waals surface area contributed by atoms with Crippen LogP contribution in [0.25, 0.3) is 0 Å². The van der Waals surface area contributed by atoms with Crippen LogP contribution < -0.4 is 5.32 Å². The Morgan fingerprint density at radius 3 is 2.93 bits per heavy atom. The minimum absolute atomic E-state index is 0.172. The molecule has 1 aromatic heterocycles. The van der Waals surface area contributed by atoms with Crippen LogP contribution in [0.4, 0.5) is 5.82 Å². The molecule has 1 heterocycles. The Morgan fingerprint density at radius 2 is 2.43 bits per heavy atom. The molecule has 1 rings (SSSR count). The molecule has 0 aromatic carbocycles. The number of anilines is 1. The molecule has 74 valence electrons. The molecule has 14 heavy (non-hydrogen) atoms. The number of hydrogen-bond acceptors (Lipinski definition) is 4. The maximum Gasteiger partial charge on any atom is 0.202 e. The molecule has 4 nitrogen and oxygen atoms in total. The molecule has 5 heteroatoms. The lowest BCUT2D eigenvalue weighted by molar-refractivity contribution is -0.111. The van der Waals surface area contributed by atoms with E-state index >= 15 is 0 Å². The number of rotatable bonds is 2. The largest absolute Gasteiger partial charge is 0.358 e. The van der Waals surface area contributed by atoms with Crippen LogP contribution in [-0.4, -0.2) is 17.5 Å². The lowest BCUT2D eigenvalue weighted by Crippen LogP contribution is -1.99. The summed E-state index contributed by atoms with van der Waals surface area (Å²) in [5, 5.41) is 6.93. The predicted molar refractivity (Wildman–Crippen MR) is 53.2 cm³/mol. The van der Waals surface area contributed by atoms with Crippen LogP contribution in [0.5, 0.6) is 0 Å². The summed E-state index contributed by atoms with van der Waals surface area (Å²) in [6, 6.07) is 0. The third-order valence-electron chi connectivity index (χ3n) is 1.40.